The number of halogens is 1. The zero-order chi connectivity index (χ0) is 11.7. The number of hydrogen-bond donors (Lipinski definition) is 1. The molecule has 0 aliphatic heterocycles. The summed E-state index contributed by atoms with van der Waals surface area (Å²) in [6, 6.07) is 8.13. The fourth-order valence-corrected chi connectivity index (χ4v) is 1.97. The Morgan fingerprint density at radius 2 is 1.69 bits per heavy atom. The molecule has 0 saturated heterocycles. The average molecular weight is 233 g/mol. The highest BCUT2D eigenvalue weighted by molar-refractivity contribution is 6.30. The van der Waals surface area contributed by atoms with Gasteiger partial charge in [0.05, 0.1) is 5.02 Å². The van der Waals surface area contributed by atoms with Crippen molar-refractivity contribution in [3.05, 3.63) is 46.6 Å². The van der Waals surface area contributed by atoms with Gasteiger partial charge in [-0.25, -0.2) is 4.98 Å². The fraction of sp³-hybridized carbons (Fsp3) is 0.154. The second-order valence-corrected chi connectivity index (χ2v) is 4.40. The maximum atomic E-state index is 5.93. The number of pyridine rings is 1. The van der Waals surface area contributed by atoms with E-state index in [1.54, 1.807) is 6.20 Å². The van der Waals surface area contributed by atoms with Gasteiger partial charge in [-0.15, -0.1) is 0 Å². The molecule has 3 heteroatoms. The molecule has 2 nitrogen and oxygen atoms in total. The van der Waals surface area contributed by atoms with Crippen LogP contribution in [0.2, 0.25) is 5.02 Å². The number of nitrogen functional groups attached to an aromatic ring is 1. The quantitative estimate of drug-likeness (QED) is 0.816. The third-order valence-corrected chi connectivity index (χ3v) is 2.62. The molecule has 2 N–H and O–H groups in total. The minimum atomic E-state index is 0.509. The van der Waals surface area contributed by atoms with Crippen molar-refractivity contribution in [1.82, 2.24) is 4.98 Å². The highest BCUT2D eigenvalue weighted by atomic mass is 35.5. The van der Waals surface area contributed by atoms with Gasteiger partial charge >= 0.3 is 0 Å². The van der Waals surface area contributed by atoms with E-state index < -0.39 is 0 Å². The lowest BCUT2D eigenvalue weighted by molar-refractivity contribution is 1.32. The number of nitrogens with zero attached hydrogens (tertiary/aromatic N) is 1. The first kappa shape index (κ1) is 11.0. The van der Waals surface area contributed by atoms with E-state index in [0.29, 0.717) is 10.8 Å². The van der Waals surface area contributed by atoms with Crippen LogP contribution in [0.3, 0.4) is 0 Å². The summed E-state index contributed by atoms with van der Waals surface area (Å²) in [7, 11) is 0. The van der Waals surface area contributed by atoms with Gasteiger partial charge in [0, 0.05) is 11.8 Å². The molecule has 0 bridgehead atoms. The van der Waals surface area contributed by atoms with E-state index in [1.807, 2.05) is 6.07 Å². The SMILES string of the molecule is Cc1cc(C)cc(-c2cc(Cl)cnc2N)c1. The number of anilines is 1. The lowest BCUT2D eigenvalue weighted by atomic mass is 10.0. The molecule has 0 aliphatic carbocycles. The maximum absolute atomic E-state index is 5.93. The van der Waals surface area contributed by atoms with Crippen molar-refractivity contribution in [3.8, 4) is 11.1 Å². The standard InChI is InChI=1S/C13H13ClN2/c1-8-3-9(2)5-10(4-8)12-6-11(14)7-16-13(12)15/h3-7H,1-2H3,(H2,15,16). The normalized spacial score (nSPS) is 10.4. The molecule has 82 valence electrons. The van der Waals surface area contributed by atoms with Gasteiger partial charge in [0.1, 0.15) is 5.82 Å². The second-order valence-electron chi connectivity index (χ2n) is 3.96. The van der Waals surface area contributed by atoms with Crippen molar-refractivity contribution < 1.29 is 0 Å². The number of aromatic nitrogens is 1. The lowest BCUT2D eigenvalue weighted by Crippen LogP contribution is -1.94. The molecular formula is C13H13ClN2. The molecule has 2 rings (SSSR count). The summed E-state index contributed by atoms with van der Waals surface area (Å²) in [5.41, 5.74) is 10.2. The molecule has 0 aliphatic rings. The van der Waals surface area contributed by atoms with Crippen LogP contribution in [0.15, 0.2) is 30.5 Å². The summed E-state index contributed by atoms with van der Waals surface area (Å²) in [5, 5.41) is 0.600. The van der Waals surface area contributed by atoms with Crippen LogP contribution in [0.4, 0.5) is 5.82 Å². The number of hydrogen-bond acceptors (Lipinski definition) is 2. The van der Waals surface area contributed by atoms with E-state index >= 15 is 0 Å². The molecule has 2 aromatic rings. The number of aryl methyl sites for hydroxylation is 2. The van der Waals surface area contributed by atoms with Gasteiger partial charge in [-0.3, -0.25) is 0 Å². The maximum Gasteiger partial charge on any atom is 0.131 e. The summed E-state index contributed by atoms with van der Waals surface area (Å²) >= 11 is 5.93. The molecule has 0 saturated carbocycles. The molecular weight excluding hydrogens is 220 g/mol. The fourth-order valence-electron chi connectivity index (χ4n) is 1.81. The monoisotopic (exact) mass is 232 g/mol. The van der Waals surface area contributed by atoms with Gasteiger partial charge in [0.2, 0.25) is 0 Å². The smallest absolute Gasteiger partial charge is 0.131 e. The zero-order valence-electron chi connectivity index (χ0n) is 9.29. The molecule has 1 heterocycles. The second kappa shape index (κ2) is 4.14. The van der Waals surface area contributed by atoms with Crippen molar-refractivity contribution >= 4 is 17.4 Å². The van der Waals surface area contributed by atoms with E-state index in [1.165, 1.54) is 11.1 Å². The highest BCUT2D eigenvalue weighted by Crippen LogP contribution is 2.28. The molecule has 1 aromatic carbocycles. The summed E-state index contributed by atoms with van der Waals surface area (Å²) < 4.78 is 0. The van der Waals surface area contributed by atoms with Gasteiger partial charge in [0.15, 0.2) is 0 Å². The van der Waals surface area contributed by atoms with E-state index in [-0.39, 0.29) is 0 Å². The Morgan fingerprint density at radius 3 is 2.31 bits per heavy atom. The van der Waals surface area contributed by atoms with Crippen molar-refractivity contribution in [2.24, 2.45) is 0 Å². The predicted molar refractivity (Wildman–Crippen MR) is 68.6 cm³/mol. The Morgan fingerprint density at radius 1 is 1.06 bits per heavy atom. The first-order valence-corrected chi connectivity index (χ1v) is 5.44. The van der Waals surface area contributed by atoms with Gasteiger partial charge in [-0.05, 0) is 25.5 Å². The Kier molecular flexibility index (Phi) is 2.84. The van der Waals surface area contributed by atoms with Gasteiger partial charge in [-0.2, -0.15) is 0 Å². The van der Waals surface area contributed by atoms with Gasteiger partial charge in [0.25, 0.3) is 0 Å². The van der Waals surface area contributed by atoms with E-state index in [9.17, 15) is 0 Å². The Bertz CT molecular complexity index is 515. The van der Waals surface area contributed by atoms with Gasteiger partial charge < -0.3 is 5.73 Å². The Balaban J connectivity index is 2.62. The van der Waals surface area contributed by atoms with E-state index in [2.05, 4.69) is 37.0 Å². The van der Waals surface area contributed by atoms with Crippen LogP contribution < -0.4 is 5.73 Å². The third-order valence-electron chi connectivity index (χ3n) is 2.42. The summed E-state index contributed by atoms with van der Waals surface area (Å²) in [4.78, 5) is 4.06. The molecule has 1 aromatic heterocycles. The topological polar surface area (TPSA) is 38.9 Å². The molecule has 0 radical (unpaired) electrons. The van der Waals surface area contributed by atoms with E-state index in [4.69, 9.17) is 17.3 Å². The molecule has 0 spiro atoms. The van der Waals surface area contributed by atoms with Crippen LogP contribution in [0.25, 0.3) is 11.1 Å². The van der Waals surface area contributed by atoms with Gasteiger partial charge in [-0.1, -0.05) is 40.9 Å². The van der Waals surface area contributed by atoms with Crippen LogP contribution in [0.1, 0.15) is 11.1 Å². The zero-order valence-corrected chi connectivity index (χ0v) is 10.0. The van der Waals surface area contributed by atoms with Crippen molar-refractivity contribution in [2.45, 2.75) is 13.8 Å². The number of nitrogens with two attached hydrogens (primary N) is 1. The van der Waals surface area contributed by atoms with Crippen molar-refractivity contribution in [1.29, 1.82) is 0 Å². The summed E-state index contributed by atoms with van der Waals surface area (Å²) in [6.07, 6.45) is 1.56. The number of rotatable bonds is 1. The summed E-state index contributed by atoms with van der Waals surface area (Å²) in [5.74, 6) is 0.509. The molecule has 0 fully saturated rings. The van der Waals surface area contributed by atoms with Crippen molar-refractivity contribution in [3.63, 3.8) is 0 Å². The minimum absolute atomic E-state index is 0.509. The lowest BCUT2D eigenvalue weighted by Gasteiger charge is -2.07. The van der Waals surface area contributed by atoms with E-state index in [0.717, 1.165) is 11.1 Å². The first-order chi connectivity index (χ1) is 7.56. The number of benzene rings is 1. The van der Waals surface area contributed by atoms with Crippen LogP contribution in [0, 0.1) is 13.8 Å². The molecule has 0 atom stereocenters. The molecule has 0 unspecified atom stereocenters. The van der Waals surface area contributed by atoms with Crippen molar-refractivity contribution in [2.75, 3.05) is 5.73 Å². The average Bonchev–Trinajstić information content (AvgIpc) is 2.20. The van der Waals surface area contributed by atoms with Crippen LogP contribution >= 0.6 is 11.6 Å². The Labute approximate surface area is 100 Å². The van der Waals surface area contributed by atoms with Crippen LogP contribution in [0.5, 0.6) is 0 Å². The Hall–Kier alpha value is -1.54. The largest absolute Gasteiger partial charge is 0.383 e. The molecule has 0 amide bonds. The van der Waals surface area contributed by atoms with Crippen LogP contribution in [-0.4, -0.2) is 4.98 Å². The summed E-state index contributed by atoms with van der Waals surface area (Å²) in [6.45, 7) is 4.12. The molecule has 16 heavy (non-hydrogen) atoms. The highest BCUT2D eigenvalue weighted by Gasteiger charge is 2.05. The van der Waals surface area contributed by atoms with Crippen LogP contribution in [-0.2, 0) is 0 Å². The minimum Gasteiger partial charge on any atom is -0.383 e. The first-order valence-electron chi connectivity index (χ1n) is 5.06. The third kappa shape index (κ3) is 2.17. The predicted octanol–water partition coefficient (Wildman–Crippen LogP) is 3.60.